The van der Waals surface area contributed by atoms with Gasteiger partial charge in [0.25, 0.3) is 0 Å². The maximum Gasteiger partial charge on any atom is 0.224 e. The van der Waals surface area contributed by atoms with Gasteiger partial charge in [-0.2, -0.15) is 0 Å². The number of carbonyl (C=O) groups excluding carboxylic acids is 1. The molecule has 2 N–H and O–H groups in total. The van der Waals surface area contributed by atoms with Crippen LogP contribution < -0.4 is 14.8 Å². The largest absolute Gasteiger partial charge is 0.504 e. The molecule has 1 amide bonds. The Morgan fingerprint density at radius 1 is 1.09 bits per heavy atom. The number of hydrogen-bond donors (Lipinski definition) is 2. The summed E-state index contributed by atoms with van der Waals surface area (Å²) >= 11 is 0. The lowest BCUT2D eigenvalue weighted by atomic mass is 10.00. The Morgan fingerprint density at radius 3 is 2.64 bits per heavy atom. The number of fused-ring (bicyclic) bond motifs is 1. The molecule has 0 spiro atoms. The number of methoxy groups -OCH3 is 2. The number of phenolic OH excluding ortho intramolecular Hbond substituents is 1. The lowest BCUT2D eigenvalue weighted by Gasteiger charge is -2.09. The highest BCUT2D eigenvalue weighted by Crippen LogP contribution is 2.44. The molecular formula is C27H27NO5. The Balaban J connectivity index is 1.60. The fourth-order valence-corrected chi connectivity index (χ4v) is 4.10. The van der Waals surface area contributed by atoms with E-state index < -0.39 is 0 Å². The number of allylic oxidation sites excluding steroid dienone is 3. The van der Waals surface area contributed by atoms with Gasteiger partial charge in [-0.15, -0.1) is 0 Å². The summed E-state index contributed by atoms with van der Waals surface area (Å²) in [6.07, 6.45) is 4.62. The Hall–Kier alpha value is -3.93. The first-order chi connectivity index (χ1) is 16.0. The molecule has 0 radical (unpaired) electrons. The topological polar surface area (TPSA) is 80.9 Å². The molecule has 0 atom stereocenters. The van der Waals surface area contributed by atoms with Crippen LogP contribution in [0.4, 0.5) is 0 Å². The third kappa shape index (κ3) is 4.80. The van der Waals surface area contributed by atoms with Crippen molar-refractivity contribution in [2.24, 2.45) is 0 Å². The standard InChI is InChI=1S/C27H27NO5/c1-17-21(9-6-18-7-11-26(32-3)25(29)13-18)22-10-8-19(31-2)14-24(22)23(17)15-27(30)28-16-20-5-4-12-33-20/h4-5,7-14,29H,6,15-16H2,1-3H3,(H,28,30)/b21-9-. The summed E-state index contributed by atoms with van der Waals surface area (Å²) in [5, 5.41) is 13.0. The van der Waals surface area contributed by atoms with Gasteiger partial charge in [-0.3, -0.25) is 4.79 Å². The van der Waals surface area contributed by atoms with Gasteiger partial charge in [0.15, 0.2) is 11.5 Å². The van der Waals surface area contributed by atoms with E-state index in [-0.39, 0.29) is 18.1 Å². The lowest BCUT2D eigenvalue weighted by molar-refractivity contribution is -0.120. The first kappa shape index (κ1) is 22.3. The summed E-state index contributed by atoms with van der Waals surface area (Å²) in [6.45, 7) is 2.39. The van der Waals surface area contributed by atoms with Gasteiger partial charge in [-0.25, -0.2) is 0 Å². The minimum atomic E-state index is -0.0733. The smallest absolute Gasteiger partial charge is 0.224 e. The summed E-state index contributed by atoms with van der Waals surface area (Å²) in [7, 11) is 3.16. The monoisotopic (exact) mass is 445 g/mol. The van der Waals surface area contributed by atoms with Gasteiger partial charge in [-0.05, 0) is 83.2 Å². The van der Waals surface area contributed by atoms with Crippen molar-refractivity contribution >= 4 is 17.1 Å². The van der Waals surface area contributed by atoms with Crippen LogP contribution in [0.2, 0.25) is 0 Å². The number of benzene rings is 2. The fraction of sp³-hybridized carbons (Fsp3) is 0.222. The van der Waals surface area contributed by atoms with Gasteiger partial charge >= 0.3 is 0 Å². The zero-order valence-corrected chi connectivity index (χ0v) is 19.0. The summed E-state index contributed by atoms with van der Waals surface area (Å²) in [6, 6.07) is 15.0. The molecule has 170 valence electrons. The minimum Gasteiger partial charge on any atom is -0.504 e. The number of aromatic hydroxyl groups is 1. The number of hydrogen-bond acceptors (Lipinski definition) is 5. The van der Waals surface area contributed by atoms with Crippen molar-refractivity contribution in [1.82, 2.24) is 5.32 Å². The third-order valence-electron chi connectivity index (χ3n) is 5.86. The van der Waals surface area contributed by atoms with E-state index in [0.717, 1.165) is 39.2 Å². The van der Waals surface area contributed by atoms with Crippen LogP contribution in [0.5, 0.6) is 17.2 Å². The van der Waals surface area contributed by atoms with E-state index in [1.54, 1.807) is 31.6 Å². The van der Waals surface area contributed by atoms with Crippen LogP contribution in [0.25, 0.3) is 11.1 Å². The number of rotatable bonds is 8. The molecule has 3 aromatic rings. The molecule has 0 aliphatic heterocycles. The van der Waals surface area contributed by atoms with Crippen molar-refractivity contribution in [3.63, 3.8) is 0 Å². The zero-order valence-electron chi connectivity index (χ0n) is 19.0. The second-order valence-electron chi connectivity index (χ2n) is 7.88. The third-order valence-corrected chi connectivity index (χ3v) is 5.86. The molecule has 6 heteroatoms. The highest BCUT2D eigenvalue weighted by molar-refractivity contribution is 6.04. The summed E-state index contributed by atoms with van der Waals surface area (Å²) in [5.41, 5.74) is 6.16. The van der Waals surface area contributed by atoms with Gasteiger partial charge in [0.2, 0.25) is 5.91 Å². The van der Waals surface area contributed by atoms with E-state index in [9.17, 15) is 9.90 Å². The average Bonchev–Trinajstić information content (AvgIpc) is 3.43. The number of amides is 1. The number of nitrogens with one attached hydrogen (secondary N) is 1. The fourth-order valence-electron chi connectivity index (χ4n) is 4.10. The average molecular weight is 446 g/mol. The van der Waals surface area contributed by atoms with E-state index in [2.05, 4.69) is 11.4 Å². The van der Waals surface area contributed by atoms with Gasteiger partial charge in [0, 0.05) is 0 Å². The van der Waals surface area contributed by atoms with Crippen molar-refractivity contribution < 1.29 is 23.8 Å². The van der Waals surface area contributed by atoms with Crippen molar-refractivity contribution in [2.45, 2.75) is 26.3 Å². The molecule has 1 heterocycles. The molecule has 0 saturated carbocycles. The molecule has 4 rings (SSSR count). The zero-order chi connectivity index (χ0) is 23.4. The van der Waals surface area contributed by atoms with Crippen molar-refractivity contribution in [2.75, 3.05) is 14.2 Å². The van der Waals surface area contributed by atoms with Crippen molar-refractivity contribution in [3.05, 3.63) is 88.9 Å². The van der Waals surface area contributed by atoms with Crippen LogP contribution in [-0.4, -0.2) is 25.2 Å². The minimum absolute atomic E-state index is 0.0733. The highest BCUT2D eigenvalue weighted by atomic mass is 16.5. The van der Waals surface area contributed by atoms with Crippen LogP contribution in [0.1, 0.15) is 35.8 Å². The molecule has 1 aliphatic carbocycles. The Kier molecular flexibility index (Phi) is 6.54. The number of carbonyl (C=O) groups is 1. The van der Waals surface area contributed by atoms with Crippen LogP contribution in [0, 0.1) is 0 Å². The molecule has 6 nitrogen and oxygen atoms in total. The Labute approximate surface area is 193 Å². The molecule has 0 fully saturated rings. The van der Waals surface area contributed by atoms with E-state index in [1.807, 2.05) is 37.3 Å². The second kappa shape index (κ2) is 9.69. The van der Waals surface area contributed by atoms with Crippen LogP contribution in [0.15, 0.2) is 70.9 Å². The molecule has 0 unspecified atom stereocenters. The van der Waals surface area contributed by atoms with E-state index in [1.165, 1.54) is 7.11 Å². The van der Waals surface area contributed by atoms with Crippen molar-refractivity contribution in [3.8, 4) is 17.2 Å². The van der Waals surface area contributed by atoms with Gasteiger partial charge < -0.3 is 24.3 Å². The lowest BCUT2D eigenvalue weighted by Crippen LogP contribution is -2.22. The summed E-state index contributed by atoms with van der Waals surface area (Å²) in [5.74, 6) is 1.95. The van der Waals surface area contributed by atoms with Crippen molar-refractivity contribution in [1.29, 1.82) is 0 Å². The molecule has 1 aromatic heterocycles. The molecular weight excluding hydrogens is 418 g/mol. The predicted molar refractivity (Wildman–Crippen MR) is 127 cm³/mol. The Morgan fingerprint density at radius 2 is 1.94 bits per heavy atom. The van der Waals surface area contributed by atoms with Gasteiger partial charge in [-0.1, -0.05) is 18.2 Å². The first-order valence-electron chi connectivity index (χ1n) is 10.7. The summed E-state index contributed by atoms with van der Waals surface area (Å²) in [4.78, 5) is 12.7. The Bertz CT molecular complexity index is 1220. The molecule has 0 saturated heterocycles. The number of phenols is 1. The van der Waals surface area contributed by atoms with E-state index >= 15 is 0 Å². The predicted octanol–water partition coefficient (Wildman–Crippen LogP) is 5.12. The van der Waals surface area contributed by atoms with E-state index in [0.29, 0.717) is 24.5 Å². The number of furan rings is 1. The van der Waals surface area contributed by atoms with Crippen LogP contribution in [-0.2, 0) is 17.8 Å². The SMILES string of the molecule is COc1ccc2c(c1)C(CC(=O)NCc1ccco1)=C(C)/C2=C/Cc1ccc(OC)c(O)c1. The first-order valence-corrected chi connectivity index (χ1v) is 10.7. The quantitative estimate of drug-likeness (QED) is 0.503. The van der Waals surface area contributed by atoms with Crippen LogP contribution >= 0.6 is 0 Å². The maximum absolute atomic E-state index is 12.7. The van der Waals surface area contributed by atoms with E-state index in [4.69, 9.17) is 13.9 Å². The van der Waals surface area contributed by atoms with Gasteiger partial charge in [0.05, 0.1) is 33.4 Å². The number of ether oxygens (including phenoxy) is 2. The molecule has 33 heavy (non-hydrogen) atoms. The van der Waals surface area contributed by atoms with Gasteiger partial charge in [0.1, 0.15) is 11.5 Å². The maximum atomic E-state index is 12.7. The molecule has 0 bridgehead atoms. The second-order valence-corrected chi connectivity index (χ2v) is 7.88. The molecule has 1 aliphatic rings. The summed E-state index contributed by atoms with van der Waals surface area (Å²) < 4.78 is 15.9. The molecule has 2 aromatic carbocycles. The normalized spacial score (nSPS) is 13.8. The highest BCUT2D eigenvalue weighted by Gasteiger charge is 2.25. The van der Waals surface area contributed by atoms with Crippen LogP contribution in [0.3, 0.4) is 0 Å².